The third-order valence-corrected chi connectivity index (χ3v) is 4.44. The molecule has 2 amide bonds. The molecule has 0 bridgehead atoms. The molecule has 0 aliphatic rings. The summed E-state index contributed by atoms with van der Waals surface area (Å²) >= 11 is 5.99. The van der Waals surface area contributed by atoms with Gasteiger partial charge in [0, 0.05) is 16.3 Å². The number of phenols is 1. The number of fused-ring (bicyclic) bond motifs is 1. The summed E-state index contributed by atoms with van der Waals surface area (Å²) in [5.74, 6) is -1.80. The molecule has 0 saturated heterocycles. The zero-order chi connectivity index (χ0) is 19.4. The number of halogens is 1. The van der Waals surface area contributed by atoms with Gasteiger partial charge in [-0.25, -0.2) is 5.43 Å². The Kier molecular flexibility index (Phi) is 5.38. The van der Waals surface area contributed by atoms with Crippen molar-refractivity contribution in [1.82, 2.24) is 5.43 Å². The van der Waals surface area contributed by atoms with E-state index in [1.54, 1.807) is 37.3 Å². The predicted molar refractivity (Wildman–Crippen MR) is 106 cm³/mol. The van der Waals surface area contributed by atoms with E-state index >= 15 is 0 Å². The lowest BCUT2D eigenvalue weighted by Crippen LogP contribution is -2.32. The van der Waals surface area contributed by atoms with Crippen LogP contribution < -0.4 is 10.7 Å². The molecule has 0 heterocycles. The van der Waals surface area contributed by atoms with Crippen molar-refractivity contribution < 1.29 is 14.7 Å². The second-order valence-electron chi connectivity index (χ2n) is 5.79. The number of rotatable bonds is 3. The van der Waals surface area contributed by atoms with Crippen LogP contribution in [0.1, 0.15) is 11.1 Å². The van der Waals surface area contributed by atoms with Crippen molar-refractivity contribution in [3.63, 3.8) is 0 Å². The van der Waals surface area contributed by atoms with Gasteiger partial charge in [0.15, 0.2) is 0 Å². The number of nitrogens with zero attached hydrogens (tertiary/aromatic N) is 1. The molecule has 3 rings (SSSR count). The number of benzene rings is 3. The van der Waals surface area contributed by atoms with Crippen molar-refractivity contribution in [2.45, 2.75) is 6.92 Å². The molecule has 0 spiro atoms. The number of aromatic hydroxyl groups is 1. The molecule has 0 aromatic heterocycles. The van der Waals surface area contributed by atoms with E-state index in [4.69, 9.17) is 11.6 Å². The van der Waals surface area contributed by atoms with Gasteiger partial charge in [0.2, 0.25) is 0 Å². The van der Waals surface area contributed by atoms with E-state index in [-0.39, 0.29) is 5.75 Å². The maximum absolute atomic E-state index is 12.0. The molecule has 0 unspecified atom stereocenters. The first-order valence-corrected chi connectivity index (χ1v) is 8.45. The summed E-state index contributed by atoms with van der Waals surface area (Å²) in [7, 11) is 0. The van der Waals surface area contributed by atoms with E-state index in [1.807, 2.05) is 24.3 Å². The van der Waals surface area contributed by atoms with E-state index in [1.165, 1.54) is 6.21 Å². The van der Waals surface area contributed by atoms with Crippen molar-refractivity contribution in [3.05, 3.63) is 70.7 Å². The minimum Gasteiger partial charge on any atom is -0.507 e. The number of hydrazone groups is 1. The maximum atomic E-state index is 12.0. The van der Waals surface area contributed by atoms with Crippen LogP contribution in [-0.2, 0) is 9.59 Å². The van der Waals surface area contributed by atoms with Crippen LogP contribution in [0.4, 0.5) is 5.69 Å². The van der Waals surface area contributed by atoms with Crippen LogP contribution in [0.25, 0.3) is 10.8 Å². The summed E-state index contributed by atoms with van der Waals surface area (Å²) in [4.78, 5) is 24.0. The quantitative estimate of drug-likeness (QED) is 0.368. The Balaban J connectivity index is 1.71. The van der Waals surface area contributed by atoms with Crippen LogP contribution >= 0.6 is 11.6 Å². The smallest absolute Gasteiger partial charge is 0.329 e. The summed E-state index contributed by atoms with van der Waals surface area (Å²) in [5, 5.41) is 18.5. The van der Waals surface area contributed by atoms with Crippen molar-refractivity contribution in [3.8, 4) is 5.75 Å². The van der Waals surface area contributed by atoms with E-state index in [9.17, 15) is 14.7 Å². The van der Waals surface area contributed by atoms with Crippen LogP contribution in [0.15, 0.2) is 59.7 Å². The van der Waals surface area contributed by atoms with Crippen LogP contribution in [0.5, 0.6) is 5.75 Å². The number of carbonyl (C=O) groups excluding carboxylic acids is 2. The fraction of sp³-hybridized carbons (Fsp3) is 0.0500. The third-order valence-electron chi connectivity index (χ3n) is 4.03. The third kappa shape index (κ3) is 4.07. The fourth-order valence-corrected chi connectivity index (χ4v) is 2.72. The molecular weight excluding hydrogens is 366 g/mol. The summed E-state index contributed by atoms with van der Waals surface area (Å²) in [6, 6.07) is 15.8. The molecule has 27 heavy (non-hydrogen) atoms. The Morgan fingerprint density at radius 1 is 1.04 bits per heavy atom. The Bertz CT molecular complexity index is 1060. The SMILES string of the molecule is Cc1c(Cl)cccc1NC(=O)C(=O)N/N=C/c1c(O)ccc2ccccc12. The summed E-state index contributed by atoms with van der Waals surface area (Å²) in [5.41, 5.74) is 3.70. The maximum Gasteiger partial charge on any atom is 0.329 e. The highest BCUT2D eigenvalue weighted by atomic mass is 35.5. The molecule has 7 heteroatoms. The fourth-order valence-electron chi connectivity index (χ4n) is 2.55. The average molecular weight is 382 g/mol. The molecule has 3 aromatic carbocycles. The van der Waals surface area contributed by atoms with Gasteiger partial charge in [-0.3, -0.25) is 9.59 Å². The molecule has 3 aromatic rings. The molecule has 0 atom stereocenters. The van der Waals surface area contributed by atoms with Crippen LogP contribution in [-0.4, -0.2) is 23.1 Å². The van der Waals surface area contributed by atoms with E-state index in [2.05, 4.69) is 15.8 Å². The zero-order valence-corrected chi connectivity index (χ0v) is 15.1. The van der Waals surface area contributed by atoms with Gasteiger partial charge in [-0.05, 0) is 41.5 Å². The standard InChI is InChI=1S/C20H16ClN3O3/c1-12-16(21)7-4-8-17(12)23-19(26)20(27)24-22-11-15-14-6-3-2-5-13(14)9-10-18(15)25/h2-11,25H,1H3,(H,23,26)(H,24,27)/b22-11+. The van der Waals surface area contributed by atoms with Gasteiger partial charge in [-0.1, -0.05) is 48.0 Å². The Morgan fingerprint density at radius 2 is 1.81 bits per heavy atom. The van der Waals surface area contributed by atoms with Crippen molar-refractivity contribution in [2.75, 3.05) is 5.32 Å². The number of phenolic OH excluding ortho intramolecular Hbond substituents is 1. The van der Waals surface area contributed by atoms with Gasteiger partial charge in [-0.2, -0.15) is 5.10 Å². The first-order chi connectivity index (χ1) is 13.0. The Labute approximate surface area is 160 Å². The first kappa shape index (κ1) is 18.4. The molecule has 0 saturated carbocycles. The summed E-state index contributed by atoms with van der Waals surface area (Å²) in [6.07, 6.45) is 1.30. The van der Waals surface area contributed by atoms with Crippen LogP contribution in [0.2, 0.25) is 5.02 Å². The average Bonchev–Trinajstić information content (AvgIpc) is 2.67. The van der Waals surface area contributed by atoms with Gasteiger partial charge >= 0.3 is 11.8 Å². The van der Waals surface area contributed by atoms with Gasteiger partial charge in [0.1, 0.15) is 5.75 Å². The number of amides is 2. The second-order valence-corrected chi connectivity index (χ2v) is 6.19. The highest BCUT2D eigenvalue weighted by molar-refractivity contribution is 6.40. The van der Waals surface area contributed by atoms with E-state index < -0.39 is 11.8 Å². The van der Waals surface area contributed by atoms with E-state index in [0.717, 1.165) is 10.8 Å². The first-order valence-electron chi connectivity index (χ1n) is 8.07. The van der Waals surface area contributed by atoms with Gasteiger partial charge in [0.25, 0.3) is 0 Å². The lowest BCUT2D eigenvalue weighted by Gasteiger charge is -2.08. The highest BCUT2D eigenvalue weighted by Crippen LogP contribution is 2.25. The number of hydrogen-bond acceptors (Lipinski definition) is 4. The molecule has 136 valence electrons. The minimum absolute atomic E-state index is 0.0192. The van der Waals surface area contributed by atoms with Crippen LogP contribution in [0.3, 0.4) is 0 Å². The van der Waals surface area contributed by atoms with Gasteiger partial charge < -0.3 is 10.4 Å². The van der Waals surface area contributed by atoms with Crippen molar-refractivity contribution >= 4 is 46.1 Å². The van der Waals surface area contributed by atoms with E-state index in [0.29, 0.717) is 21.8 Å². The van der Waals surface area contributed by atoms with Crippen LogP contribution in [0, 0.1) is 6.92 Å². The number of carbonyl (C=O) groups is 2. The number of nitrogens with one attached hydrogen (secondary N) is 2. The highest BCUT2D eigenvalue weighted by Gasteiger charge is 2.14. The monoisotopic (exact) mass is 381 g/mol. The van der Waals surface area contributed by atoms with Crippen molar-refractivity contribution in [2.24, 2.45) is 5.10 Å². The topological polar surface area (TPSA) is 90.8 Å². The molecular formula is C20H16ClN3O3. The predicted octanol–water partition coefficient (Wildman–Crippen LogP) is 3.60. The summed E-state index contributed by atoms with van der Waals surface area (Å²) in [6.45, 7) is 1.73. The van der Waals surface area contributed by atoms with Gasteiger partial charge in [-0.15, -0.1) is 0 Å². The summed E-state index contributed by atoms with van der Waals surface area (Å²) < 4.78 is 0. The number of hydrogen-bond donors (Lipinski definition) is 3. The molecule has 0 fully saturated rings. The normalized spacial score (nSPS) is 10.9. The molecule has 0 radical (unpaired) electrons. The molecule has 6 nitrogen and oxygen atoms in total. The minimum atomic E-state index is -0.939. The number of anilines is 1. The molecule has 0 aliphatic heterocycles. The second kappa shape index (κ2) is 7.88. The lowest BCUT2D eigenvalue weighted by atomic mass is 10.0. The molecule has 0 aliphatic carbocycles. The Hall–Kier alpha value is -3.38. The molecule has 3 N–H and O–H groups in total. The van der Waals surface area contributed by atoms with Gasteiger partial charge in [0.05, 0.1) is 6.21 Å². The zero-order valence-electron chi connectivity index (χ0n) is 14.4. The van der Waals surface area contributed by atoms with Crippen molar-refractivity contribution in [1.29, 1.82) is 0 Å². The lowest BCUT2D eigenvalue weighted by molar-refractivity contribution is -0.136. The Morgan fingerprint density at radius 3 is 2.63 bits per heavy atom. The largest absolute Gasteiger partial charge is 0.507 e.